The van der Waals surface area contributed by atoms with E-state index in [0.29, 0.717) is 17.9 Å². The molecule has 1 atom stereocenters. The van der Waals surface area contributed by atoms with Gasteiger partial charge in [0.15, 0.2) is 9.84 Å². The van der Waals surface area contributed by atoms with E-state index in [2.05, 4.69) is 10.6 Å². The SMILES string of the molecule is CCCNC(=O)NC[C@@H](c1ccco1)S(=O)(=O)c1cc(C)ccc1C. The number of amides is 2. The second-order valence-electron chi connectivity index (χ2n) is 5.95. The van der Waals surface area contributed by atoms with Crippen molar-refractivity contribution >= 4 is 15.9 Å². The molecule has 1 aromatic carbocycles. The van der Waals surface area contributed by atoms with Crippen molar-refractivity contribution in [2.45, 2.75) is 37.3 Å². The minimum atomic E-state index is -3.73. The molecule has 0 saturated carbocycles. The third-order valence-corrected chi connectivity index (χ3v) is 6.07. The van der Waals surface area contributed by atoms with E-state index in [4.69, 9.17) is 4.42 Å². The molecule has 2 N–H and O–H groups in total. The molecule has 2 amide bonds. The fourth-order valence-electron chi connectivity index (χ4n) is 2.49. The molecule has 0 fully saturated rings. The van der Waals surface area contributed by atoms with E-state index in [9.17, 15) is 13.2 Å². The highest BCUT2D eigenvalue weighted by atomic mass is 32.2. The van der Waals surface area contributed by atoms with E-state index < -0.39 is 21.1 Å². The van der Waals surface area contributed by atoms with Gasteiger partial charge in [-0.2, -0.15) is 0 Å². The van der Waals surface area contributed by atoms with Gasteiger partial charge in [0.2, 0.25) is 0 Å². The quantitative estimate of drug-likeness (QED) is 0.790. The average Bonchev–Trinajstić information content (AvgIpc) is 3.09. The molecule has 0 saturated heterocycles. The van der Waals surface area contributed by atoms with Crippen LogP contribution in [0.4, 0.5) is 4.79 Å². The lowest BCUT2D eigenvalue weighted by Crippen LogP contribution is -2.39. The van der Waals surface area contributed by atoms with Crippen LogP contribution in [0.2, 0.25) is 0 Å². The number of benzene rings is 1. The molecule has 0 aliphatic rings. The Labute approximate surface area is 148 Å². The molecule has 0 unspecified atom stereocenters. The van der Waals surface area contributed by atoms with Gasteiger partial charge < -0.3 is 15.1 Å². The molecule has 0 spiro atoms. The average molecular weight is 364 g/mol. The molecule has 6 nitrogen and oxygen atoms in total. The van der Waals surface area contributed by atoms with E-state index in [1.54, 1.807) is 31.2 Å². The van der Waals surface area contributed by atoms with Gasteiger partial charge in [-0.1, -0.05) is 19.1 Å². The maximum atomic E-state index is 13.2. The molecule has 0 aliphatic heterocycles. The highest BCUT2D eigenvalue weighted by Gasteiger charge is 2.33. The Bertz CT molecular complexity index is 814. The highest BCUT2D eigenvalue weighted by Crippen LogP contribution is 2.31. The van der Waals surface area contributed by atoms with Gasteiger partial charge in [0.25, 0.3) is 0 Å². The maximum absolute atomic E-state index is 13.2. The van der Waals surface area contributed by atoms with Crippen LogP contribution in [0.25, 0.3) is 0 Å². The number of carbonyl (C=O) groups is 1. The predicted molar refractivity (Wildman–Crippen MR) is 96.2 cm³/mol. The number of urea groups is 1. The van der Waals surface area contributed by atoms with Crippen molar-refractivity contribution in [3.8, 4) is 0 Å². The van der Waals surface area contributed by atoms with Crippen LogP contribution in [0.15, 0.2) is 45.9 Å². The van der Waals surface area contributed by atoms with Crippen molar-refractivity contribution in [2.24, 2.45) is 0 Å². The Kier molecular flexibility index (Phi) is 6.25. The topological polar surface area (TPSA) is 88.4 Å². The van der Waals surface area contributed by atoms with E-state index in [1.807, 2.05) is 19.9 Å². The molecule has 2 rings (SSSR count). The van der Waals surface area contributed by atoms with Crippen LogP contribution in [0.3, 0.4) is 0 Å². The Balaban J connectivity index is 2.32. The monoisotopic (exact) mass is 364 g/mol. The van der Waals surface area contributed by atoms with Gasteiger partial charge in [-0.25, -0.2) is 13.2 Å². The second-order valence-corrected chi connectivity index (χ2v) is 8.05. The molecule has 25 heavy (non-hydrogen) atoms. The summed E-state index contributed by atoms with van der Waals surface area (Å²) < 4.78 is 31.7. The minimum Gasteiger partial charge on any atom is -0.468 e. The summed E-state index contributed by atoms with van der Waals surface area (Å²) in [6.07, 6.45) is 2.23. The summed E-state index contributed by atoms with van der Waals surface area (Å²) in [6, 6.07) is 8.15. The fraction of sp³-hybridized carbons (Fsp3) is 0.389. The maximum Gasteiger partial charge on any atom is 0.314 e. The molecule has 0 bridgehead atoms. The second kappa shape index (κ2) is 8.20. The van der Waals surface area contributed by atoms with Gasteiger partial charge in [-0.3, -0.25) is 0 Å². The summed E-state index contributed by atoms with van der Waals surface area (Å²) in [5.41, 5.74) is 1.52. The molecule has 2 aromatic rings. The predicted octanol–water partition coefficient (Wildman–Crippen LogP) is 3.12. The van der Waals surface area contributed by atoms with Crippen LogP contribution in [-0.4, -0.2) is 27.5 Å². The third-order valence-electron chi connectivity index (χ3n) is 3.87. The van der Waals surface area contributed by atoms with Crippen molar-refractivity contribution in [3.05, 3.63) is 53.5 Å². The Morgan fingerprint density at radius 1 is 1.20 bits per heavy atom. The number of nitrogens with one attached hydrogen (secondary N) is 2. The van der Waals surface area contributed by atoms with E-state index in [-0.39, 0.29) is 11.4 Å². The Morgan fingerprint density at radius 3 is 2.60 bits per heavy atom. The number of hydrogen-bond donors (Lipinski definition) is 2. The molecule has 0 radical (unpaired) electrons. The summed E-state index contributed by atoms with van der Waals surface area (Å²) in [5, 5.41) is 4.31. The Morgan fingerprint density at radius 2 is 1.96 bits per heavy atom. The van der Waals surface area contributed by atoms with Gasteiger partial charge in [0.05, 0.1) is 11.2 Å². The minimum absolute atomic E-state index is 0.0707. The Hall–Kier alpha value is -2.28. The summed E-state index contributed by atoms with van der Waals surface area (Å²) in [6.45, 7) is 6.00. The van der Waals surface area contributed by atoms with Gasteiger partial charge in [-0.15, -0.1) is 0 Å². The van der Waals surface area contributed by atoms with Gasteiger partial charge in [0.1, 0.15) is 11.0 Å². The van der Waals surface area contributed by atoms with Crippen LogP contribution in [0.1, 0.15) is 35.5 Å². The number of carbonyl (C=O) groups excluding carboxylic acids is 1. The van der Waals surface area contributed by atoms with Crippen molar-refractivity contribution in [2.75, 3.05) is 13.1 Å². The highest BCUT2D eigenvalue weighted by molar-refractivity contribution is 7.91. The van der Waals surface area contributed by atoms with Crippen LogP contribution >= 0.6 is 0 Å². The first kappa shape index (κ1) is 19.1. The van der Waals surface area contributed by atoms with Crippen LogP contribution in [0, 0.1) is 13.8 Å². The zero-order valence-electron chi connectivity index (χ0n) is 14.7. The molecule has 0 aliphatic carbocycles. The van der Waals surface area contributed by atoms with Crippen LogP contribution in [-0.2, 0) is 9.84 Å². The van der Waals surface area contributed by atoms with Crippen LogP contribution in [0.5, 0.6) is 0 Å². The zero-order valence-corrected chi connectivity index (χ0v) is 15.5. The lowest BCUT2D eigenvalue weighted by molar-refractivity contribution is 0.240. The number of aryl methyl sites for hydroxylation is 2. The van der Waals surface area contributed by atoms with Crippen molar-refractivity contribution in [1.29, 1.82) is 0 Å². The first-order valence-corrected chi connectivity index (χ1v) is 9.77. The van der Waals surface area contributed by atoms with E-state index >= 15 is 0 Å². The summed E-state index contributed by atoms with van der Waals surface area (Å²) in [7, 11) is -3.73. The van der Waals surface area contributed by atoms with Crippen LogP contribution < -0.4 is 10.6 Å². The lowest BCUT2D eigenvalue weighted by Gasteiger charge is -2.18. The summed E-state index contributed by atoms with van der Waals surface area (Å²) >= 11 is 0. The van der Waals surface area contributed by atoms with Gasteiger partial charge in [-0.05, 0) is 49.6 Å². The first-order chi connectivity index (χ1) is 11.9. The third kappa shape index (κ3) is 4.63. The smallest absolute Gasteiger partial charge is 0.314 e. The molecule has 7 heteroatoms. The van der Waals surface area contributed by atoms with Crippen molar-refractivity contribution in [1.82, 2.24) is 10.6 Å². The zero-order chi connectivity index (χ0) is 18.4. The van der Waals surface area contributed by atoms with Gasteiger partial charge >= 0.3 is 6.03 Å². The van der Waals surface area contributed by atoms with E-state index in [1.165, 1.54) is 6.26 Å². The number of hydrogen-bond acceptors (Lipinski definition) is 4. The summed E-state index contributed by atoms with van der Waals surface area (Å²) in [4.78, 5) is 12.1. The molecule has 1 heterocycles. The molecular formula is C18H24N2O4S. The number of furan rings is 1. The molecule has 1 aromatic heterocycles. The lowest BCUT2D eigenvalue weighted by atomic mass is 10.2. The molecular weight excluding hydrogens is 340 g/mol. The standard InChI is InChI=1S/C18H24N2O4S/c1-4-9-19-18(21)20-12-17(15-6-5-10-24-15)25(22,23)16-11-13(2)7-8-14(16)3/h5-8,10-11,17H,4,9,12H2,1-3H3,(H2,19,20,21)/t17-/m0/s1. The number of rotatable bonds is 7. The summed E-state index contributed by atoms with van der Waals surface area (Å²) in [5.74, 6) is 0.302. The van der Waals surface area contributed by atoms with E-state index in [0.717, 1.165) is 12.0 Å². The fourth-order valence-corrected chi connectivity index (χ4v) is 4.41. The largest absolute Gasteiger partial charge is 0.468 e. The number of sulfone groups is 1. The van der Waals surface area contributed by atoms with Crippen molar-refractivity contribution < 1.29 is 17.6 Å². The molecule has 136 valence electrons. The normalized spacial score (nSPS) is 12.6. The van der Waals surface area contributed by atoms with Gasteiger partial charge in [0, 0.05) is 13.1 Å². The first-order valence-electron chi connectivity index (χ1n) is 8.22. The van der Waals surface area contributed by atoms with Crippen molar-refractivity contribution in [3.63, 3.8) is 0 Å².